The molecule has 1 saturated heterocycles. The smallest absolute Gasteiger partial charge is 0.331 e. The highest BCUT2D eigenvalue weighted by atomic mass is 16.5. The Labute approximate surface area is 124 Å². The van der Waals surface area contributed by atoms with Gasteiger partial charge in [0.25, 0.3) is 0 Å². The van der Waals surface area contributed by atoms with Gasteiger partial charge in [-0.05, 0) is 37.1 Å². The van der Waals surface area contributed by atoms with Gasteiger partial charge in [-0.1, -0.05) is 24.3 Å². The van der Waals surface area contributed by atoms with Crippen LogP contribution < -0.4 is 4.90 Å². The number of carbonyl (C=O) groups is 2. The van der Waals surface area contributed by atoms with Crippen molar-refractivity contribution in [1.82, 2.24) is 0 Å². The van der Waals surface area contributed by atoms with Gasteiger partial charge in [-0.25, -0.2) is 4.79 Å². The molecule has 4 nitrogen and oxygen atoms in total. The van der Waals surface area contributed by atoms with E-state index in [2.05, 4.69) is 0 Å². The summed E-state index contributed by atoms with van der Waals surface area (Å²) in [6.45, 7) is 2.94. The van der Waals surface area contributed by atoms with Gasteiger partial charge < -0.3 is 9.64 Å². The van der Waals surface area contributed by atoms with Crippen LogP contribution in [0.3, 0.4) is 0 Å². The fraction of sp³-hybridized carbons (Fsp3) is 0.294. The van der Waals surface area contributed by atoms with E-state index in [0.29, 0.717) is 6.42 Å². The number of allylic oxidation sites excluding steroid dienone is 1. The zero-order chi connectivity index (χ0) is 15.1. The summed E-state index contributed by atoms with van der Waals surface area (Å²) < 4.78 is 4.96. The summed E-state index contributed by atoms with van der Waals surface area (Å²) >= 11 is 0. The van der Waals surface area contributed by atoms with Gasteiger partial charge in [-0.2, -0.15) is 0 Å². The van der Waals surface area contributed by atoms with E-state index in [4.69, 9.17) is 4.74 Å². The van der Waals surface area contributed by atoms with Crippen molar-refractivity contribution in [2.24, 2.45) is 0 Å². The zero-order valence-corrected chi connectivity index (χ0v) is 12.1. The molecule has 1 aliphatic heterocycles. The van der Waals surface area contributed by atoms with Gasteiger partial charge in [0.05, 0.1) is 0 Å². The summed E-state index contributed by atoms with van der Waals surface area (Å²) in [6.07, 6.45) is 8.24. The molecule has 4 heteroatoms. The summed E-state index contributed by atoms with van der Waals surface area (Å²) in [5, 5.41) is 0. The Morgan fingerprint density at radius 3 is 2.71 bits per heavy atom. The van der Waals surface area contributed by atoms with Crippen LogP contribution in [0.15, 0.2) is 42.5 Å². The van der Waals surface area contributed by atoms with Crippen molar-refractivity contribution in [3.63, 3.8) is 0 Å². The van der Waals surface area contributed by atoms with E-state index in [0.717, 1.165) is 24.2 Å². The Kier molecular flexibility index (Phi) is 5.32. The third kappa shape index (κ3) is 4.31. The van der Waals surface area contributed by atoms with Crippen LogP contribution in [-0.2, 0) is 14.3 Å². The van der Waals surface area contributed by atoms with Gasteiger partial charge in [0, 0.05) is 24.7 Å². The monoisotopic (exact) mass is 285 g/mol. The standard InChI is InChI=1S/C17H19NO3/c1-2-3-13-21-17(20)11-8-14-6-9-15(10-7-14)18-12-4-5-16(18)19/h2-3,6-11H,4-5,12-13H2,1H3/b3-2+,11-8+. The summed E-state index contributed by atoms with van der Waals surface area (Å²) in [7, 11) is 0. The molecule has 21 heavy (non-hydrogen) atoms. The first kappa shape index (κ1) is 15.0. The molecule has 0 aliphatic carbocycles. The molecule has 0 spiro atoms. The number of anilines is 1. The molecule has 0 atom stereocenters. The van der Waals surface area contributed by atoms with E-state index in [1.165, 1.54) is 6.08 Å². The van der Waals surface area contributed by atoms with Crippen LogP contribution in [0.25, 0.3) is 6.08 Å². The molecule has 2 rings (SSSR count). The lowest BCUT2D eigenvalue weighted by molar-refractivity contribution is -0.136. The highest BCUT2D eigenvalue weighted by Gasteiger charge is 2.21. The first-order valence-corrected chi connectivity index (χ1v) is 7.07. The van der Waals surface area contributed by atoms with Gasteiger partial charge in [-0.3, -0.25) is 4.79 Å². The van der Waals surface area contributed by atoms with E-state index >= 15 is 0 Å². The Bertz CT molecular complexity index is 558. The third-order valence-corrected chi connectivity index (χ3v) is 3.25. The van der Waals surface area contributed by atoms with Crippen LogP contribution in [0.2, 0.25) is 0 Å². The van der Waals surface area contributed by atoms with Crippen LogP contribution in [0.4, 0.5) is 5.69 Å². The summed E-state index contributed by atoms with van der Waals surface area (Å²) in [5.74, 6) is -0.197. The highest BCUT2D eigenvalue weighted by Crippen LogP contribution is 2.21. The van der Waals surface area contributed by atoms with Crippen molar-refractivity contribution in [2.75, 3.05) is 18.1 Å². The largest absolute Gasteiger partial charge is 0.458 e. The minimum Gasteiger partial charge on any atom is -0.458 e. The molecule has 1 aliphatic rings. The molecular formula is C17H19NO3. The second-order valence-electron chi connectivity index (χ2n) is 4.77. The number of hydrogen-bond donors (Lipinski definition) is 0. The first-order valence-electron chi connectivity index (χ1n) is 7.07. The van der Waals surface area contributed by atoms with Crippen LogP contribution in [0.5, 0.6) is 0 Å². The molecule has 0 N–H and O–H groups in total. The molecule has 1 aromatic rings. The van der Waals surface area contributed by atoms with Crippen LogP contribution in [-0.4, -0.2) is 25.0 Å². The molecule has 1 fully saturated rings. The topological polar surface area (TPSA) is 46.6 Å². The SMILES string of the molecule is C/C=C/COC(=O)/C=C/c1ccc(N2CCCC2=O)cc1. The molecule has 0 unspecified atom stereocenters. The van der Waals surface area contributed by atoms with Crippen molar-refractivity contribution in [3.05, 3.63) is 48.1 Å². The van der Waals surface area contributed by atoms with Gasteiger partial charge in [0.1, 0.15) is 6.61 Å². The molecule has 0 saturated carbocycles. The van der Waals surface area contributed by atoms with Crippen molar-refractivity contribution in [3.8, 4) is 0 Å². The number of carbonyl (C=O) groups excluding carboxylic acids is 2. The van der Waals surface area contributed by atoms with Crippen molar-refractivity contribution in [1.29, 1.82) is 0 Å². The fourth-order valence-corrected chi connectivity index (χ4v) is 2.13. The molecule has 110 valence electrons. The molecular weight excluding hydrogens is 266 g/mol. The fourth-order valence-electron chi connectivity index (χ4n) is 2.13. The average molecular weight is 285 g/mol. The number of esters is 1. The van der Waals surface area contributed by atoms with Gasteiger partial charge in [0.15, 0.2) is 0 Å². The zero-order valence-electron chi connectivity index (χ0n) is 12.1. The molecule has 1 heterocycles. The lowest BCUT2D eigenvalue weighted by atomic mass is 10.2. The number of benzene rings is 1. The minimum atomic E-state index is -0.369. The predicted molar refractivity (Wildman–Crippen MR) is 82.8 cm³/mol. The number of amides is 1. The van der Waals surface area contributed by atoms with E-state index in [1.54, 1.807) is 17.1 Å². The van der Waals surface area contributed by atoms with Crippen molar-refractivity contribution in [2.45, 2.75) is 19.8 Å². The Hall–Kier alpha value is -2.36. The maximum absolute atomic E-state index is 11.6. The van der Waals surface area contributed by atoms with E-state index in [1.807, 2.05) is 37.3 Å². The second-order valence-corrected chi connectivity index (χ2v) is 4.77. The van der Waals surface area contributed by atoms with Crippen molar-refractivity contribution >= 4 is 23.6 Å². The lowest BCUT2D eigenvalue weighted by Crippen LogP contribution is -2.23. The number of hydrogen-bond acceptors (Lipinski definition) is 3. The van der Waals surface area contributed by atoms with E-state index in [-0.39, 0.29) is 18.5 Å². The number of rotatable bonds is 5. The van der Waals surface area contributed by atoms with Crippen LogP contribution >= 0.6 is 0 Å². The minimum absolute atomic E-state index is 0.172. The molecule has 1 aromatic carbocycles. The van der Waals surface area contributed by atoms with Crippen LogP contribution in [0, 0.1) is 0 Å². The third-order valence-electron chi connectivity index (χ3n) is 3.25. The summed E-state index contributed by atoms with van der Waals surface area (Å²) in [5.41, 5.74) is 1.80. The van der Waals surface area contributed by atoms with Gasteiger partial charge in [0.2, 0.25) is 5.91 Å². The average Bonchev–Trinajstić information content (AvgIpc) is 2.92. The maximum Gasteiger partial charge on any atom is 0.331 e. The molecule has 0 radical (unpaired) electrons. The highest BCUT2D eigenvalue weighted by molar-refractivity contribution is 5.95. The Morgan fingerprint density at radius 2 is 2.10 bits per heavy atom. The maximum atomic E-state index is 11.6. The lowest BCUT2D eigenvalue weighted by Gasteiger charge is -2.15. The van der Waals surface area contributed by atoms with Gasteiger partial charge in [-0.15, -0.1) is 0 Å². The number of ether oxygens (including phenoxy) is 1. The second kappa shape index (κ2) is 7.43. The molecule has 0 bridgehead atoms. The molecule has 0 aromatic heterocycles. The first-order chi connectivity index (χ1) is 10.2. The van der Waals surface area contributed by atoms with E-state index < -0.39 is 0 Å². The van der Waals surface area contributed by atoms with Gasteiger partial charge >= 0.3 is 5.97 Å². The normalized spacial score (nSPS) is 15.3. The summed E-state index contributed by atoms with van der Waals surface area (Å²) in [4.78, 5) is 24.9. The van der Waals surface area contributed by atoms with E-state index in [9.17, 15) is 9.59 Å². The Balaban J connectivity index is 1.93. The van der Waals surface area contributed by atoms with Crippen LogP contribution in [0.1, 0.15) is 25.3 Å². The Morgan fingerprint density at radius 1 is 1.33 bits per heavy atom. The predicted octanol–water partition coefficient (Wildman–Crippen LogP) is 2.95. The molecule has 1 amide bonds. The quantitative estimate of drug-likeness (QED) is 0.475. The number of nitrogens with zero attached hydrogens (tertiary/aromatic N) is 1. The summed E-state index contributed by atoms with van der Waals surface area (Å²) in [6, 6.07) is 7.56. The van der Waals surface area contributed by atoms with Crippen molar-refractivity contribution < 1.29 is 14.3 Å².